The van der Waals surface area contributed by atoms with Crippen LogP contribution in [0, 0.1) is 5.41 Å². The van der Waals surface area contributed by atoms with Crippen molar-refractivity contribution < 1.29 is 9.53 Å². The number of benzene rings is 1. The number of allylic oxidation sites excluding steroid dienone is 2. The van der Waals surface area contributed by atoms with Crippen LogP contribution in [0.3, 0.4) is 0 Å². The zero-order chi connectivity index (χ0) is 17.6. The van der Waals surface area contributed by atoms with E-state index in [4.69, 9.17) is 4.74 Å². The fourth-order valence-corrected chi connectivity index (χ4v) is 3.83. The minimum Gasteiger partial charge on any atom is -0.494 e. The number of nitrogens with one attached hydrogen (secondary N) is 1. The molecule has 0 saturated heterocycles. The van der Waals surface area contributed by atoms with Gasteiger partial charge in [-0.15, -0.1) is 0 Å². The second-order valence-corrected chi connectivity index (χ2v) is 7.36. The number of fused-ring (bicyclic) bond motifs is 1. The van der Waals surface area contributed by atoms with Gasteiger partial charge in [-0.2, -0.15) is 10.1 Å². The summed E-state index contributed by atoms with van der Waals surface area (Å²) in [5, 5.41) is 7.70. The van der Waals surface area contributed by atoms with Crippen molar-refractivity contribution in [2.75, 3.05) is 11.9 Å². The Balaban J connectivity index is 1.91. The van der Waals surface area contributed by atoms with Gasteiger partial charge >= 0.3 is 0 Å². The molecule has 0 radical (unpaired) electrons. The van der Waals surface area contributed by atoms with Gasteiger partial charge in [-0.05, 0) is 24.8 Å². The van der Waals surface area contributed by atoms with Gasteiger partial charge < -0.3 is 10.1 Å². The van der Waals surface area contributed by atoms with E-state index in [9.17, 15) is 4.79 Å². The summed E-state index contributed by atoms with van der Waals surface area (Å²) in [5.41, 5.74) is 2.62. The number of ketones is 1. The van der Waals surface area contributed by atoms with E-state index in [-0.39, 0.29) is 17.2 Å². The van der Waals surface area contributed by atoms with Crippen molar-refractivity contribution in [1.82, 2.24) is 14.8 Å². The van der Waals surface area contributed by atoms with Gasteiger partial charge in [-0.25, -0.2) is 4.68 Å². The van der Waals surface area contributed by atoms with Crippen LogP contribution < -0.4 is 10.1 Å². The molecule has 25 heavy (non-hydrogen) atoms. The van der Waals surface area contributed by atoms with Crippen LogP contribution >= 0.6 is 0 Å². The number of carbonyl (C=O) groups excluding carboxylic acids is 1. The van der Waals surface area contributed by atoms with Crippen molar-refractivity contribution in [3.63, 3.8) is 0 Å². The Kier molecular flexibility index (Phi) is 3.63. The topological polar surface area (TPSA) is 69.0 Å². The van der Waals surface area contributed by atoms with Crippen molar-refractivity contribution in [2.45, 2.75) is 39.7 Å². The SMILES string of the molecule is CCOc1ccccc1C1C2=C(CC(C)(C)CC2=O)Nc2ncnn21. The molecule has 1 atom stereocenters. The van der Waals surface area contributed by atoms with Crippen molar-refractivity contribution in [1.29, 1.82) is 0 Å². The van der Waals surface area contributed by atoms with Gasteiger partial charge in [0.25, 0.3) is 0 Å². The van der Waals surface area contributed by atoms with Gasteiger partial charge in [0.15, 0.2) is 5.78 Å². The van der Waals surface area contributed by atoms with E-state index in [0.717, 1.165) is 29.0 Å². The lowest BCUT2D eigenvalue weighted by Crippen LogP contribution is -2.36. The molecule has 0 spiro atoms. The van der Waals surface area contributed by atoms with Gasteiger partial charge in [-0.1, -0.05) is 32.0 Å². The molecule has 6 nitrogen and oxygen atoms in total. The van der Waals surface area contributed by atoms with Crippen LogP contribution in [0.15, 0.2) is 41.9 Å². The number of Topliss-reactive ketones (excluding diaryl/α,β-unsaturated/α-hetero) is 1. The van der Waals surface area contributed by atoms with Crippen LogP contribution in [0.2, 0.25) is 0 Å². The van der Waals surface area contributed by atoms with Crippen molar-refractivity contribution in [3.05, 3.63) is 47.4 Å². The predicted octanol–water partition coefficient (Wildman–Crippen LogP) is 3.33. The summed E-state index contributed by atoms with van der Waals surface area (Å²) in [4.78, 5) is 17.4. The molecule has 0 saturated carbocycles. The molecule has 130 valence electrons. The van der Waals surface area contributed by atoms with Gasteiger partial charge in [0.2, 0.25) is 5.95 Å². The lowest BCUT2D eigenvalue weighted by molar-refractivity contribution is -0.118. The van der Waals surface area contributed by atoms with Crippen LogP contribution in [0.1, 0.15) is 45.2 Å². The van der Waals surface area contributed by atoms with Crippen LogP contribution in [0.5, 0.6) is 5.75 Å². The fourth-order valence-electron chi connectivity index (χ4n) is 3.83. The number of carbonyl (C=O) groups is 1. The maximum absolute atomic E-state index is 13.0. The number of ether oxygens (including phenoxy) is 1. The monoisotopic (exact) mass is 338 g/mol. The standard InChI is InChI=1S/C19H22N4O2/c1-4-25-15-8-6-5-7-12(15)17-16-13(9-19(2,3)10-14(16)24)22-18-20-11-21-23(17)18/h5-8,11,17H,4,9-10H2,1-3H3,(H,20,21,22). The second kappa shape index (κ2) is 5.72. The first-order valence-electron chi connectivity index (χ1n) is 8.64. The maximum Gasteiger partial charge on any atom is 0.226 e. The third-order valence-corrected chi connectivity index (χ3v) is 4.79. The lowest BCUT2D eigenvalue weighted by Gasteiger charge is -2.38. The average molecular weight is 338 g/mol. The van der Waals surface area contributed by atoms with E-state index in [0.29, 0.717) is 19.0 Å². The molecule has 1 aliphatic carbocycles. The number of para-hydroxylation sites is 1. The Morgan fingerprint density at radius 3 is 2.92 bits per heavy atom. The number of anilines is 1. The molecular weight excluding hydrogens is 316 g/mol. The van der Waals surface area contributed by atoms with Gasteiger partial charge in [0.05, 0.1) is 6.61 Å². The molecule has 1 N–H and O–H groups in total. The molecule has 1 aliphatic heterocycles. The summed E-state index contributed by atoms with van der Waals surface area (Å²) in [6.07, 6.45) is 2.87. The highest BCUT2D eigenvalue weighted by molar-refractivity contribution is 6.00. The Morgan fingerprint density at radius 1 is 1.32 bits per heavy atom. The Hall–Kier alpha value is -2.63. The van der Waals surface area contributed by atoms with E-state index in [1.54, 1.807) is 4.68 Å². The van der Waals surface area contributed by atoms with Gasteiger partial charge in [0.1, 0.15) is 18.1 Å². The highest BCUT2D eigenvalue weighted by Gasteiger charge is 2.42. The molecule has 0 fully saturated rings. The zero-order valence-corrected chi connectivity index (χ0v) is 14.7. The number of aromatic nitrogens is 3. The van der Waals surface area contributed by atoms with E-state index in [2.05, 4.69) is 29.2 Å². The number of rotatable bonds is 3. The molecule has 2 heterocycles. The Bertz CT molecular complexity index is 866. The summed E-state index contributed by atoms with van der Waals surface area (Å²) in [6.45, 7) is 6.77. The summed E-state index contributed by atoms with van der Waals surface area (Å²) < 4.78 is 7.61. The highest BCUT2D eigenvalue weighted by atomic mass is 16.5. The van der Waals surface area contributed by atoms with Crippen molar-refractivity contribution >= 4 is 11.7 Å². The smallest absolute Gasteiger partial charge is 0.226 e. The van der Waals surface area contributed by atoms with Crippen LogP contribution in [-0.4, -0.2) is 27.2 Å². The molecule has 1 aromatic carbocycles. The summed E-state index contributed by atoms with van der Waals surface area (Å²) >= 11 is 0. The molecule has 4 rings (SSSR count). The highest BCUT2D eigenvalue weighted by Crippen LogP contribution is 2.46. The summed E-state index contributed by atoms with van der Waals surface area (Å²) in [7, 11) is 0. The molecule has 2 aliphatic rings. The van der Waals surface area contributed by atoms with Gasteiger partial charge in [0, 0.05) is 23.3 Å². The summed E-state index contributed by atoms with van der Waals surface area (Å²) in [6, 6.07) is 7.55. The first-order valence-corrected chi connectivity index (χ1v) is 8.64. The predicted molar refractivity (Wildman–Crippen MR) is 94.4 cm³/mol. The van der Waals surface area contributed by atoms with Crippen LogP contribution in [0.25, 0.3) is 0 Å². The van der Waals surface area contributed by atoms with E-state index < -0.39 is 0 Å². The largest absolute Gasteiger partial charge is 0.494 e. The van der Waals surface area contributed by atoms with Crippen molar-refractivity contribution in [3.8, 4) is 5.75 Å². The second-order valence-electron chi connectivity index (χ2n) is 7.36. The molecule has 0 amide bonds. The maximum atomic E-state index is 13.0. The van der Waals surface area contributed by atoms with Gasteiger partial charge in [-0.3, -0.25) is 4.79 Å². The van der Waals surface area contributed by atoms with Crippen molar-refractivity contribution in [2.24, 2.45) is 5.41 Å². The first kappa shape index (κ1) is 15.9. The Morgan fingerprint density at radius 2 is 2.12 bits per heavy atom. The van der Waals surface area contributed by atoms with E-state index in [1.807, 2.05) is 31.2 Å². The van der Waals surface area contributed by atoms with Crippen LogP contribution in [0.4, 0.5) is 5.95 Å². The molecule has 2 aromatic rings. The van der Waals surface area contributed by atoms with Crippen LogP contribution in [-0.2, 0) is 4.79 Å². The first-order chi connectivity index (χ1) is 12.0. The number of nitrogens with zero attached hydrogens (tertiary/aromatic N) is 3. The quantitative estimate of drug-likeness (QED) is 0.929. The molecular formula is C19H22N4O2. The molecule has 6 heteroatoms. The van der Waals surface area contributed by atoms with E-state index in [1.165, 1.54) is 6.33 Å². The number of hydrogen-bond donors (Lipinski definition) is 1. The average Bonchev–Trinajstić information content (AvgIpc) is 3.01. The third-order valence-electron chi connectivity index (χ3n) is 4.79. The number of hydrogen-bond acceptors (Lipinski definition) is 5. The minimum absolute atomic E-state index is 0.0604. The third kappa shape index (κ3) is 2.62. The molecule has 1 aromatic heterocycles. The zero-order valence-electron chi connectivity index (χ0n) is 14.7. The minimum atomic E-state index is -0.305. The molecule has 0 bridgehead atoms. The summed E-state index contributed by atoms with van der Waals surface area (Å²) in [5.74, 6) is 1.61. The normalized spacial score (nSPS) is 21.4. The Labute approximate surface area is 146 Å². The van der Waals surface area contributed by atoms with E-state index >= 15 is 0 Å². The lowest BCUT2D eigenvalue weighted by atomic mass is 9.73. The molecule has 1 unspecified atom stereocenters. The fraction of sp³-hybridized carbons (Fsp3) is 0.421.